The third-order valence-electron chi connectivity index (χ3n) is 2.03. The largest absolute Gasteiger partial charge is 0.308 e. The summed E-state index contributed by atoms with van der Waals surface area (Å²) in [6.07, 6.45) is 1.84. The Morgan fingerprint density at radius 1 is 1.50 bits per heavy atom. The maximum Gasteiger partial charge on any atom is 0.0570 e. The van der Waals surface area contributed by atoms with Crippen LogP contribution in [0, 0.1) is 0 Å². The van der Waals surface area contributed by atoms with Gasteiger partial charge >= 0.3 is 0 Å². The van der Waals surface area contributed by atoms with Gasteiger partial charge in [-0.2, -0.15) is 11.8 Å². The van der Waals surface area contributed by atoms with Gasteiger partial charge in [-0.15, -0.1) is 0 Å². The molecule has 0 saturated heterocycles. The Morgan fingerprint density at radius 2 is 2.36 bits per heavy atom. The Bertz CT molecular complexity index is 238. The molecule has 1 rings (SSSR count). The summed E-state index contributed by atoms with van der Waals surface area (Å²) in [7, 11) is 0. The molecule has 2 nitrogen and oxygen atoms in total. The van der Waals surface area contributed by atoms with Gasteiger partial charge in [0, 0.05) is 24.5 Å². The standard InChI is InChI=1S/C11H18N2S/c1-3-14-9-8-12-10(2)11-6-4-5-7-13-11/h4-7,10,12H,3,8-9H2,1-2H3/t10-/m1/s1. The number of nitrogens with zero attached hydrogens (tertiary/aromatic N) is 1. The second kappa shape index (κ2) is 6.85. The summed E-state index contributed by atoms with van der Waals surface area (Å²) in [6.45, 7) is 5.39. The fraction of sp³-hybridized carbons (Fsp3) is 0.545. The maximum absolute atomic E-state index is 4.31. The van der Waals surface area contributed by atoms with Gasteiger partial charge in [-0.25, -0.2) is 0 Å². The quantitative estimate of drug-likeness (QED) is 0.730. The smallest absolute Gasteiger partial charge is 0.0570 e. The van der Waals surface area contributed by atoms with Crippen LogP contribution in [0.15, 0.2) is 24.4 Å². The second-order valence-electron chi connectivity index (χ2n) is 3.13. The van der Waals surface area contributed by atoms with Crippen molar-refractivity contribution in [2.24, 2.45) is 0 Å². The first-order valence-electron chi connectivity index (χ1n) is 5.06. The van der Waals surface area contributed by atoms with E-state index in [4.69, 9.17) is 0 Å². The Hall–Kier alpha value is -0.540. The molecule has 1 aromatic heterocycles. The van der Waals surface area contributed by atoms with Gasteiger partial charge in [0.1, 0.15) is 0 Å². The molecule has 1 N–H and O–H groups in total. The first-order chi connectivity index (χ1) is 6.84. The van der Waals surface area contributed by atoms with Gasteiger partial charge in [-0.05, 0) is 24.8 Å². The van der Waals surface area contributed by atoms with Gasteiger partial charge in [-0.3, -0.25) is 4.98 Å². The summed E-state index contributed by atoms with van der Waals surface area (Å²) in [6, 6.07) is 6.39. The van der Waals surface area contributed by atoms with Crippen molar-refractivity contribution in [3.05, 3.63) is 30.1 Å². The van der Waals surface area contributed by atoms with Crippen LogP contribution in [0.5, 0.6) is 0 Å². The molecule has 0 amide bonds. The molecular weight excluding hydrogens is 192 g/mol. The molecule has 0 aliphatic carbocycles. The van der Waals surface area contributed by atoms with E-state index in [1.54, 1.807) is 0 Å². The van der Waals surface area contributed by atoms with Crippen LogP contribution in [-0.2, 0) is 0 Å². The van der Waals surface area contributed by atoms with E-state index in [2.05, 4.69) is 30.2 Å². The van der Waals surface area contributed by atoms with Crippen molar-refractivity contribution in [1.29, 1.82) is 0 Å². The Morgan fingerprint density at radius 3 is 3.00 bits per heavy atom. The molecule has 0 aliphatic rings. The van der Waals surface area contributed by atoms with E-state index >= 15 is 0 Å². The summed E-state index contributed by atoms with van der Waals surface area (Å²) >= 11 is 1.96. The van der Waals surface area contributed by atoms with Crippen LogP contribution in [0.1, 0.15) is 25.6 Å². The Balaban J connectivity index is 2.25. The molecule has 0 spiro atoms. The van der Waals surface area contributed by atoms with Crippen molar-refractivity contribution in [1.82, 2.24) is 10.3 Å². The molecule has 0 aliphatic heterocycles. The average Bonchev–Trinajstić information content (AvgIpc) is 2.25. The molecular formula is C11H18N2S. The van der Waals surface area contributed by atoms with Crippen molar-refractivity contribution in [3.63, 3.8) is 0 Å². The van der Waals surface area contributed by atoms with E-state index in [0.29, 0.717) is 6.04 Å². The van der Waals surface area contributed by atoms with Gasteiger partial charge in [0.15, 0.2) is 0 Å². The first-order valence-corrected chi connectivity index (χ1v) is 6.22. The molecule has 0 bridgehead atoms. The van der Waals surface area contributed by atoms with Crippen LogP contribution in [0.2, 0.25) is 0 Å². The zero-order valence-electron chi connectivity index (χ0n) is 8.86. The van der Waals surface area contributed by atoms with Crippen LogP contribution < -0.4 is 5.32 Å². The third kappa shape index (κ3) is 4.11. The molecule has 1 aromatic rings. The minimum absolute atomic E-state index is 0.355. The third-order valence-corrected chi connectivity index (χ3v) is 2.93. The van der Waals surface area contributed by atoms with E-state index in [1.165, 1.54) is 11.5 Å². The topological polar surface area (TPSA) is 24.9 Å². The van der Waals surface area contributed by atoms with Gasteiger partial charge in [-0.1, -0.05) is 13.0 Å². The highest BCUT2D eigenvalue weighted by Crippen LogP contribution is 2.07. The SMILES string of the molecule is CCSCCN[C@H](C)c1ccccn1. The summed E-state index contributed by atoms with van der Waals surface area (Å²) in [5.41, 5.74) is 1.12. The predicted octanol–water partition coefficient (Wildman–Crippen LogP) is 2.49. The minimum atomic E-state index is 0.355. The number of rotatable bonds is 6. The fourth-order valence-electron chi connectivity index (χ4n) is 1.23. The van der Waals surface area contributed by atoms with E-state index < -0.39 is 0 Å². The van der Waals surface area contributed by atoms with Gasteiger partial charge in [0.05, 0.1) is 5.69 Å². The number of hydrogen-bond donors (Lipinski definition) is 1. The average molecular weight is 210 g/mol. The highest BCUT2D eigenvalue weighted by molar-refractivity contribution is 7.99. The molecule has 1 atom stereocenters. The van der Waals surface area contributed by atoms with E-state index in [0.717, 1.165) is 12.2 Å². The molecule has 0 unspecified atom stereocenters. The van der Waals surface area contributed by atoms with Crippen molar-refractivity contribution in [2.45, 2.75) is 19.9 Å². The molecule has 14 heavy (non-hydrogen) atoms. The number of nitrogens with one attached hydrogen (secondary N) is 1. The number of thioether (sulfide) groups is 1. The molecule has 3 heteroatoms. The zero-order valence-corrected chi connectivity index (χ0v) is 9.68. The highest BCUT2D eigenvalue weighted by atomic mass is 32.2. The Kier molecular flexibility index (Phi) is 5.64. The normalized spacial score (nSPS) is 12.7. The van der Waals surface area contributed by atoms with Crippen LogP contribution in [0.25, 0.3) is 0 Å². The molecule has 0 saturated carbocycles. The maximum atomic E-state index is 4.31. The van der Waals surface area contributed by atoms with E-state index in [-0.39, 0.29) is 0 Å². The Labute approximate surface area is 90.5 Å². The first kappa shape index (κ1) is 11.5. The second-order valence-corrected chi connectivity index (χ2v) is 4.52. The van der Waals surface area contributed by atoms with Crippen LogP contribution in [-0.4, -0.2) is 23.0 Å². The number of aromatic nitrogens is 1. The lowest BCUT2D eigenvalue weighted by molar-refractivity contribution is 0.586. The van der Waals surface area contributed by atoms with E-state index in [9.17, 15) is 0 Å². The zero-order chi connectivity index (χ0) is 10.2. The summed E-state index contributed by atoms with van der Waals surface area (Å²) < 4.78 is 0. The summed E-state index contributed by atoms with van der Waals surface area (Å²) in [5.74, 6) is 2.37. The summed E-state index contributed by atoms with van der Waals surface area (Å²) in [4.78, 5) is 4.31. The van der Waals surface area contributed by atoms with Gasteiger partial charge in [0.2, 0.25) is 0 Å². The monoisotopic (exact) mass is 210 g/mol. The fourth-order valence-corrected chi connectivity index (χ4v) is 1.78. The lowest BCUT2D eigenvalue weighted by Crippen LogP contribution is -2.22. The lowest BCUT2D eigenvalue weighted by atomic mass is 10.2. The predicted molar refractivity (Wildman–Crippen MR) is 63.7 cm³/mol. The molecule has 1 heterocycles. The molecule has 0 aromatic carbocycles. The lowest BCUT2D eigenvalue weighted by Gasteiger charge is -2.12. The van der Waals surface area contributed by atoms with Gasteiger partial charge < -0.3 is 5.32 Å². The van der Waals surface area contributed by atoms with Crippen molar-refractivity contribution >= 4 is 11.8 Å². The van der Waals surface area contributed by atoms with Crippen molar-refractivity contribution in [3.8, 4) is 0 Å². The van der Waals surface area contributed by atoms with Gasteiger partial charge in [0.25, 0.3) is 0 Å². The van der Waals surface area contributed by atoms with Crippen molar-refractivity contribution in [2.75, 3.05) is 18.1 Å². The molecule has 0 fully saturated rings. The molecule has 78 valence electrons. The summed E-state index contributed by atoms with van der Waals surface area (Å²) in [5, 5.41) is 3.45. The minimum Gasteiger partial charge on any atom is -0.308 e. The number of hydrogen-bond acceptors (Lipinski definition) is 3. The number of pyridine rings is 1. The highest BCUT2D eigenvalue weighted by Gasteiger charge is 2.03. The molecule has 0 radical (unpaired) electrons. The van der Waals surface area contributed by atoms with Crippen LogP contribution >= 0.6 is 11.8 Å². The van der Waals surface area contributed by atoms with Crippen LogP contribution in [0.4, 0.5) is 0 Å². The van der Waals surface area contributed by atoms with Crippen LogP contribution in [0.3, 0.4) is 0 Å². The van der Waals surface area contributed by atoms with E-state index in [1.807, 2.05) is 30.1 Å². The van der Waals surface area contributed by atoms with Crippen molar-refractivity contribution < 1.29 is 0 Å².